The Kier molecular flexibility index (Phi) is 3.96. The molecule has 19 heavy (non-hydrogen) atoms. The molecule has 1 aromatic rings. The second kappa shape index (κ2) is 5.34. The molecule has 1 amide bonds. The quantitative estimate of drug-likeness (QED) is 0.863. The van der Waals surface area contributed by atoms with Gasteiger partial charge in [-0.1, -0.05) is 0 Å². The molecule has 1 unspecified atom stereocenters. The van der Waals surface area contributed by atoms with Gasteiger partial charge in [-0.3, -0.25) is 4.79 Å². The van der Waals surface area contributed by atoms with Crippen molar-refractivity contribution >= 4 is 27.8 Å². The van der Waals surface area contributed by atoms with Crippen molar-refractivity contribution in [3.05, 3.63) is 22.4 Å². The molecule has 2 N–H and O–H groups in total. The van der Waals surface area contributed by atoms with Crippen LogP contribution in [-0.2, 0) is 11.3 Å². The third-order valence-electron chi connectivity index (χ3n) is 3.25. The first-order valence-electron chi connectivity index (χ1n) is 6.01. The number of nitrogens with zero attached hydrogens (tertiary/aromatic N) is 2. The van der Waals surface area contributed by atoms with E-state index in [9.17, 15) is 14.7 Å². The molecule has 0 radical (unpaired) electrons. The Morgan fingerprint density at radius 3 is 2.79 bits per heavy atom. The summed E-state index contributed by atoms with van der Waals surface area (Å²) in [6.07, 6.45) is 1.07. The molecule has 0 bridgehead atoms. The molecule has 2 heterocycles. The first-order chi connectivity index (χ1) is 8.93. The minimum atomic E-state index is -1.08. The predicted octanol–water partition coefficient (Wildman–Crippen LogP) is 0.930. The van der Waals surface area contributed by atoms with Crippen LogP contribution in [0.3, 0.4) is 0 Å². The third-order valence-corrected chi connectivity index (χ3v) is 3.68. The maximum absolute atomic E-state index is 12.4. The van der Waals surface area contributed by atoms with E-state index >= 15 is 0 Å². The summed E-state index contributed by atoms with van der Waals surface area (Å²) >= 11 is 3.30. The van der Waals surface area contributed by atoms with Gasteiger partial charge in [-0.05, 0) is 28.9 Å². The number of carbonyl (C=O) groups is 2. The van der Waals surface area contributed by atoms with Crippen molar-refractivity contribution in [1.82, 2.24) is 9.47 Å². The van der Waals surface area contributed by atoms with Gasteiger partial charge in [-0.2, -0.15) is 0 Å². The first kappa shape index (κ1) is 14.1. The summed E-state index contributed by atoms with van der Waals surface area (Å²) in [4.78, 5) is 24.8. The number of carboxylic acids is 1. The Hall–Kier alpha value is -1.34. The smallest absolute Gasteiger partial charge is 0.326 e. The average Bonchev–Trinajstić information content (AvgIpc) is 2.91. The van der Waals surface area contributed by atoms with Crippen molar-refractivity contribution in [2.75, 3.05) is 6.54 Å². The van der Waals surface area contributed by atoms with E-state index in [2.05, 4.69) is 15.9 Å². The van der Waals surface area contributed by atoms with Crippen molar-refractivity contribution in [2.45, 2.75) is 32.0 Å². The number of halogens is 1. The number of hydrogen-bond acceptors (Lipinski definition) is 3. The van der Waals surface area contributed by atoms with Gasteiger partial charge in [0.1, 0.15) is 11.7 Å². The van der Waals surface area contributed by atoms with E-state index in [0.717, 1.165) is 4.47 Å². The molecular weight excluding hydrogens is 316 g/mol. The van der Waals surface area contributed by atoms with E-state index in [1.165, 1.54) is 4.90 Å². The summed E-state index contributed by atoms with van der Waals surface area (Å²) in [5, 5.41) is 18.7. The van der Waals surface area contributed by atoms with E-state index in [1.54, 1.807) is 16.8 Å². The topological polar surface area (TPSA) is 82.8 Å². The molecule has 1 aliphatic heterocycles. The SMILES string of the molecule is CCn1cc(Br)cc1C(=O)N1CC(O)C[C@H]1C(=O)O. The Morgan fingerprint density at radius 2 is 2.21 bits per heavy atom. The standard InChI is InChI=1S/C12H15BrN2O4/c1-2-14-5-7(13)3-9(14)11(17)15-6-8(16)4-10(15)12(18)19/h3,5,8,10,16H,2,4,6H2,1H3,(H,18,19)/t8?,10-/m0/s1. The molecule has 0 saturated carbocycles. The number of amides is 1. The number of aliphatic carboxylic acids is 1. The molecule has 104 valence electrons. The van der Waals surface area contributed by atoms with Crippen molar-refractivity contribution in [3.8, 4) is 0 Å². The van der Waals surface area contributed by atoms with Gasteiger partial charge >= 0.3 is 5.97 Å². The molecule has 6 nitrogen and oxygen atoms in total. The number of aromatic nitrogens is 1. The monoisotopic (exact) mass is 330 g/mol. The Labute approximate surface area is 118 Å². The molecule has 2 atom stereocenters. The van der Waals surface area contributed by atoms with Crippen molar-refractivity contribution in [2.24, 2.45) is 0 Å². The lowest BCUT2D eigenvalue weighted by Crippen LogP contribution is -2.41. The third kappa shape index (κ3) is 2.66. The lowest BCUT2D eigenvalue weighted by Gasteiger charge is -2.21. The van der Waals surface area contributed by atoms with E-state index in [-0.39, 0.29) is 18.9 Å². The number of carbonyl (C=O) groups excluding carboxylic acids is 1. The van der Waals surface area contributed by atoms with Gasteiger partial charge in [0.15, 0.2) is 0 Å². The average molecular weight is 331 g/mol. The van der Waals surface area contributed by atoms with Crippen LogP contribution in [0.2, 0.25) is 0 Å². The van der Waals surface area contributed by atoms with Crippen LogP contribution in [-0.4, -0.2) is 50.2 Å². The van der Waals surface area contributed by atoms with Crippen LogP contribution < -0.4 is 0 Å². The minimum absolute atomic E-state index is 0.0579. The number of carboxylic acid groups (broad SMARTS) is 1. The van der Waals surface area contributed by atoms with E-state index in [4.69, 9.17) is 5.11 Å². The first-order valence-corrected chi connectivity index (χ1v) is 6.80. The number of aliphatic hydroxyl groups excluding tert-OH is 1. The Balaban J connectivity index is 2.30. The van der Waals surface area contributed by atoms with Crippen LogP contribution in [0, 0.1) is 0 Å². The maximum atomic E-state index is 12.4. The summed E-state index contributed by atoms with van der Waals surface area (Å²) in [5.74, 6) is -1.45. The second-order valence-corrected chi connectivity index (χ2v) is 5.45. The van der Waals surface area contributed by atoms with Gasteiger partial charge in [0, 0.05) is 30.2 Å². The van der Waals surface area contributed by atoms with Gasteiger partial charge in [0.05, 0.1) is 6.10 Å². The molecule has 7 heteroatoms. The van der Waals surface area contributed by atoms with Gasteiger partial charge in [0.25, 0.3) is 5.91 Å². The van der Waals surface area contributed by atoms with E-state index in [0.29, 0.717) is 12.2 Å². The highest BCUT2D eigenvalue weighted by Crippen LogP contribution is 2.23. The Morgan fingerprint density at radius 1 is 1.53 bits per heavy atom. The summed E-state index contributed by atoms with van der Waals surface area (Å²) in [7, 11) is 0. The van der Waals surface area contributed by atoms with Crippen LogP contribution in [0.15, 0.2) is 16.7 Å². The summed E-state index contributed by atoms with van der Waals surface area (Å²) in [5.41, 5.74) is 0.426. The number of rotatable bonds is 3. The highest BCUT2D eigenvalue weighted by molar-refractivity contribution is 9.10. The van der Waals surface area contributed by atoms with Crippen LogP contribution in [0.4, 0.5) is 0 Å². The highest BCUT2D eigenvalue weighted by Gasteiger charge is 2.39. The van der Waals surface area contributed by atoms with E-state index in [1.807, 2.05) is 6.92 Å². The number of aliphatic hydroxyl groups is 1. The van der Waals surface area contributed by atoms with Crippen LogP contribution in [0.25, 0.3) is 0 Å². The van der Waals surface area contributed by atoms with E-state index < -0.39 is 18.1 Å². The summed E-state index contributed by atoms with van der Waals surface area (Å²) in [6, 6.07) is 0.705. The fourth-order valence-electron chi connectivity index (χ4n) is 2.33. The lowest BCUT2D eigenvalue weighted by atomic mass is 10.2. The predicted molar refractivity (Wildman–Crippen MR) is 70.9 cm³/mol. The van der Waals surface area contributed by atoms with Crippen molar-refractivity contribution in [1.29, 1.82) is 0 Å². The molecule has 2 rings (SSSR count). The highest BCUT2D eigenvalue weighted by atomic mass is 79.9. The number of aryl methyl sites for hydroxylation is 1. The lowest BCUT2D eigenvalue weighted by molar-refractivity contribution is -0.141. The summed E-state index contributed by atoms with van der Waals surface area (Å²) < 4.78 is 2.51. The van der Waals surface area contributed by atoms with Crippen LogP contribution >= 0.6 is 15.9 Å². The zero-order chi connectivity index (χ0) is 14.2. The zero-order valence-corrected chi connectivity index (χ0v) is 12.0. The van der Waals surface area contributed by atoms with Gasteiger partial charge in [-0.15, -0.1) is 0 Å². The molecule has 1 aromatic heterocycles. The van der Waals surface area contributed by atoms with Gasteiger partial charge < -0.3 is 19.7 Å². The molecular formula is C12H15BrN2O4. The second-order valence-electron chi connectivity index (χ2n) is 4.53. The normalized spacial score (nSPS) is 22.8. The maximum Gasteiger partial charge on any atom is 0.326 e. The molecule has 0 spiro atoms. The number of hydrogen-bond donors (Lipinski definition) is 2. The number of likely N-dealkylation sites (tertiary alicyclic amines) is 1. The van der Waals surface area contributed by atoms with Crippen molar-refractivity contribution in [3.63, 3.8) is 0 Å². The van der Waals surface area contributed by atoms with Crippen LogP contribution in [0.1, 0.15) is 23.8 Å². The largest absolute Gasteiger partial charge is 0.480 e. The molecule has 0 aromatic carbocycles. The molecule has 1 fully saturated rings. The fraction of sp³-hybridized carbons (Fsp3) is 0.500. The molecule has 0 aliphatic carbocycles. The van der Waals surface area contributed by atoms with Crippen LogP contribution in [0.5, 0.6) is 0 Å². The minimum Gasteiger partial charge on any atom is -0.480 e. The van der Waals surface area contributed by atoms with Gasteiger partial charge in [-0.25, -0.2) is 4.79 Å². The van der Waals surface area contributed by atoms with Gasteiger partial charge in [0.2, 0.25) is 0 Å². The summed E-state index contributed by atoms with van der Waals surface area (Å²) in [6.45, 7) is 2.57. The number of β-amino-alcohol motifs (C(OH)–C–C–N with tert-alkyl or cyclic N) is 1. The zero-order valence-electron chi connectivity index (χ0n) is 10.4. The molecule has 1 saturated heterocycles. The van der Waals surface area contributed by atoms with Crippen molar-refractivity contribution < 1.29 is 19.8 Å². The fourth-order valence-corrected chi connectivity index (χ4v) is 2.80. The molecule has 1 aliphatic rings. The Bertz CT molecular complexity index is 514.